The number of piperidine rings is 2. The zero-order valence-electron chi connectivity index (χ0n) is 19.8. The second kappa shape index (κ2) is 16.3. The summed E-state index contributed by atoms with van der Waals surface area (Å²) in [7, 11) is 4.27. The predicted octanol–water partition coefficient (Wildman–Crippen LogP) is 4.90. The topological polar surface area (TPSA) is 35.6 Å². The van der Waals surface area contributed by atoms with E-state index in [-0.39, 0.29) is 11.7 Å². The maximum absolute atomic E-state index is 12.7. The van der Waals surface area contributed by atoms with Crippen molar-refractivity contribution < 1.29 is 9.18 Å². The van der Waals surface area contributed by atoms with Gasteiger partial charge in [-0.1, -0.05) is 39.8 Å². The fraction of sp³-hybridized carbons (Fsp3) is 0.708. The number of hydrogen-bond donors (Lipinski definition) is 1. The van der Waals surface area contributed by atoms with E-state index in [1.807, 2.05) is 39.8 Å². The summed E-state index contributed by atoms with van der Waals surface area (Å²) >= 11 is 0. The van der Waals surface area contributed by atoms with E-state index in [0.29, 0.717) is 12.0 Å². The van der Waals surface area contributed by atoms with Crippen molar-refractivity contribution in [2.24, 2.45) is 0 Å². The Labute approximate surface area is 178 Å². The lowest BCUT2D eigenvalue weighted by Gasteiger charge is -2.29. The van der Waals surface area contributed by atoms with Crippen LogP contribution in [0.15, 0.2) is 24.3 Å². The van der Waals surface area contributed by atoms with Crippen molar-refractivity contribution in [3.63, 3.8) is 0 Å². The maximum Gasteiger partial charge on any atom is 0.217 e. The van der Waals surface area contributed by atoms with Gasteiger partial charge in [0.05, 0.1) is 0 Å². The minimum absolute atomic E-state index is 0.0968. The molecule has 1 amide bonds. The number of carbonyl (C=O) groups is 1. The van der Waals surface area contributed by atoms with E-state index in [2.05, 4.69) is 29.2 Å². The molecule has 168 valence electrons. The highest BCUT2D eigenvalue weighted by Gasteiger charge is 2.18. The van der Waals surface area contributed by atoms with Crippen molar-refractivity contribution in [3.05, 3.63) is 35.6 Å². The Balaban J connectivity index is 0.000000472. The third kappa shape index (κ3) is 12.0. The summed E-state index contributed by atoms with van der Waals surface area (Å²) in [5.74, 6) is 0.591. The summed E-state index contributed by atoms with van der Waals surface area (Å²) in [4.78, 5) is 15.3. The molecule has 0 aliphatic carbocycles. The van der Waals surface area contributed by atoms with E-state index in [9.17, 15) is 9.18 Å². The van der Waals surface area contributed by atoms with Gasteiger partial charge in [-0.2, -0.15) is 0 Å². The number of halogens is 1. The molecule has 0 unspecified atom stereocenters. The zero-order chi connectivity index (χ0) is 22.2. The molecule has 1 aromatic rings. The van der Waals surface area contributed by atoms with Gasteiger partial charge in [0.2, 0.25) is 5.91 Å². The highest BCUT2D eigenvalue weighted by atomic mass is 19.1. The number of carbonyl (C=O) groups excluding carboxylic acids is 1. The van der Waals surface area contributed by atoms with Crippen LogP contribution in [0.5, 0.6) is 0 Å². The normalized spacial score (nSPS) is 18.2. The van der Waals surface area contributed by atoms with Crippen LogP contribution in [0.3, 0.4) is 0 Å². The van der Waals surface area contributed by atoms with Gasteiger partial charge in [-0.15, -0.1) is 0 Å². The summed E-state index contributed by atoms with van der Waals surface area (Å²) in [6.45, 7) is 14.1. The molecular weight excluding hydrogens is 365 g/mol. The fourth-order valence-corrected chi connectivity index (χ4v) is 3.52. The highest BCUT2D eigenvalue weighted by Crippen LogP contribution is 2.27. The van der Waals surface area contributed by atoms with Crippen LogP contribution in [-0.4, -0.2) is 62.0 Å². The quantitative estimate of drug-likeness (QED) is 0.754. The lowest BCUT2D eigenvalue weighted by Crippen LogP contribution is -2.42. The predicted molar refractivity (Wildman–Crippen MR) is 123 cm³/mol. The molecule has 0 atom stereocenters. The SMILES string of the molecule is CC.CC.CC(=O)NC1CCN(C)CC1.CN1CCC(c2ccc(F)cc2)CC1. The first-order valence-corrected chi connectivity index (χ1v) is 11.3. The average Bonchev–Trinajstić information content (AvgIpc) is 2.74. The molecule has 4 nitrogen and oxygen atoms in total. The average molecular weight is 410 g/mol. The van der Waals surface area contributed by atoms with Crippen molar-refractivity contribution in [1.29, 1.82) is 0 Å². The fourth-order valence-electron chi connectivity index (χ4n) is 3.52. The van der Waals surface area contributed by atoms with E-state index >= 15 is 0 Å². The van der Waals surface area contributed by atoms with Gasteiger partial charge in [0.25, 0.3) is 0 Å². The van der Waals surface area contributed by atoms with E-state index in [0.717, 1.165) is 39.0 Å². The number of hydrogen-bond acceptors (Lipinski definition) is 3. The van der Waals surface area contributed by atoms with E-state index in [1.165, 1.54) is 18.4 Å². The van der Waals surface area contributed by atoms with Crippen LogP contribution in [0.1, 0.15) is 71.8 Å². The number of nitrogens with zero attached hydrogens (tertiary/aromatic N) is 2. The molecule has 2 saturated heterocycles. The van der Waals surface area contributed by atoms with Crippen molar-refractivity contribution in [2.75, 3.05) is 40.3 Å². The highest BCUT2D eigenvalue weighted by molar-refractivity contribution is 5.73. The zero-order valence-corrected chi connectivity index (χ0v) is 19.8. The van der Waals surface area contributed by atoms with Crippen molar-refractivity contribution in [3.8, 4) is 0 Å². The molecule has 0 bridgehead atoms. The smallest absolute Gasteiger partial charge is 0.217 e. The first-order chi connectivity index (χ1) is 13.9. The monoisotopic (exact) mass is 409 g/mol. The van der Waals surface area contributed by atoms with Crippen LogP contribution in [0.25, 0.3) is 0 Å². The molecule has 1 aromatic carbocycles. The van der Waals surface area contributed by atoms with Crippen molar-refractivity contribution in [2.45, 2.75) is 72.3 Å². The molecule has 2 aliphatic heterocycles. The molecule has 0 saturated carbocycles. The molecule has 0 aromatic heterocycles. The van der Waals surface area contributed by atoms with Crippen molar-refractivity contribution in [1.82, 2.24) is 15.1 Å². The molecule has 29 heavy (non-hydrogen) atoms. The lowest BCUT2D eigenvalue weighted by atomic mass is 9.90. The summed E-state index contributed by atoms with van der Waals surface area (Å²) in [6.07, 6.45) is 4.58. The standard InChI is InChI=1S/C12H16FN.C8H16N2O.2C2H6/c1-14-8-6-11(7-9-14)10-2-4-12(13)5-3-10;1-7(11)9-8-3-5-10(2)6-4-8;2*1-2/h2-5,11H,6-9H2,1H3;8H,3-6H2,1-2H3,(H,9,11);2*1-2H3. The van der Waals surface area contributed by atoms with E-state index < -0.39 is 0 Å². The minimum Gasteiger partial charge on any atom is -0.354 e. The second-order valence-electron chi connectivity index (χ2n) is 7.41. The Hall–Kier alpha value is -1.46. The number of likely N-dealkylation sites (tertiary alicyclic amines) is 2. The van der Waals surface area contributed by atoms with Gasteiger partial charge in [0.15, 0.2) is 0 Å². The van der Waals surface area contributed by atoms with Gasteiger partial charge < -0.3 is 15.1 Å². The Morgan fingerprint density at radius 3 is 1.69 bits per heavy atom. The number of amides is 1. The summed E-state index contributed by atoms with van der Waals surface area (Å²) in [5.41, 5.74) is 1.29. The van der Waals surface area contributed by atoms with Crippen molar-refractivity contribution >= 4 is 5.91 Å². The first-order valence-electron chi connectivity index (χ1n) is 11.3. The molecule has 0 radical (unpaired) electrons. The summed E-state index contributed by atoms with van der Waals surface area (Å²) in [5, 5.41) is 2.94. The molecule has 5 heteroatoms. The van der Waals surface area contributed by atoms with Gasteiger partial charge in [-0.3, -0.25) is 4.79 Å². The van der Waals surface area contributed by atoms with Gasteiger partial charge in [-0.05, 0) is 89.6 Å². The van der Waals surface area contributed by atoms with Gasteiger partial charge >= 0.3 is 0 Å². The Kier molecular flexibility index (Phi) is 15.5. The molecule has 0 spiro atoms. The molecule has 3 rings (SSSR count). The van der Waals surface area contributed by atoms with Crippen LogP contribution >= 0.6 is 0 Å². The number of benzene rings is 1. The molecular formula is C24H44FN3O. The van der Waals surface area contributed by atoms with Crippen LogP contribution in [0, 0.1) is 5.82 Å². The number of nitrogens with one attached hydrogen (secondary N) is 1. The minimum atomic E-state index is -0.137. The first kappa shape index (κ1) is 27.5. The lowest BCUT2D eigenvalue weighted by molar-refractivity contribution is -0.119. The third-order valence-corrected chi connectivity index (χ3v) is 5.19. The summed E-state index contributed by atoms with van der Waals surface area (Å²) < 4.78 is 12.7. The van der Waals surface area contributed by atoms with Crippen LogP contribution in [0.4, 0.5) is 4.39 Å². The Morgan fingerprint density at radius 2 is 1.28 bits per heavy atom. The van der Waals surface area contributed by atoms with Crippen LogP contribution in [0.2, 0.25) is 0 Å². The molecule has 2 aliphatic rings. The largest absolute Gasteiger partial charge is 0.354 e. The van der Waals surface area contributed by atoms with E-state index in [4.69, 9.17) is 0 Å². The van der Waals surface area contributed by atoms with Gasteiger partial charge in [-0.25, -0.2) is 4.39 Å². The second-order valence-corrected chi connectivity index (χ2v) is 7.41. The van der Waals surface area contributed by atoms with Gasteiger partial charge in [0.1, 0.15) is 5.82 Å². The molecule has 2 fully saturated rings. The molecule has 2 heterocycles. The van der Waals surface area contributed by atoms with Crippen LogP contribution in [-0.2, 0) is 4.79 Å². The third-order valence-electron chi connectivity index (χ3n) is 5.19. The van der Waals surface area contributed by atoms with E-state index in [1.54, 1.807) is 19.1 Å². The summed E-state index contributed by atoms with van der Waals surface area (Å²) in [6, 6.07) is 7.39. The number of rotatable bonds is 2. The van der Waals surface area contributed by atoms with Gasteiger partial charge in [0, 0.05) is 13.0 Å². The van der Waals surface area contributed by atoms with Crippen LogP contribution < -0.4 is 5.32 Å². The Bertz CT molecular complexity index is 519. The Morgan fingerprint density at radius 1 is 0.862 bits per heavy atom. The maximum atomic E-state index is 12.7. The molecule has 1 N–H and O–H groups in total.